The number of likely N-dealkylation sites (N-methyl/N-ethyl adjacent to an activating group) is 1. The third kappa shape index (κ3) is 9.09. The van der Waals surface area contributed by atoms with E-state index in [0.29, 0.717) is 18.5 Å². The molecule has 3 unspecified atom stereocenters. The monoisotopic (exact) mass is 729 g/mol. The molecule has 1 fully saturated rings. The summed E-state index contributed by atoms with van der Waals surface area (Å²) in [6.45, 7) is 14.0. The van der Waals surface area contributed by atoms with Crippen molar-refractivity contribution in [1.82, 2.24) is 31.1 Å². The van der Waals surface area contributed by atoms with E-state index < -0.39 is 35.0 Å². The lowest BCUT2D eigenvalue weighted by atomic mass is 9.84. The van der Waals surface area contributed by atoms with Crippen LogP contribution in [0.1, 0.15) is 106 Å². The van der Waals surface area contributed by atoms with E-state index >= 15 is 0 Å². The smallest absolute Gasteiger partial charge is 0.251 e. The van der Waals surface area contributed by atoms with E-state index in [2.05, 4.69) is 33.4 Å². The summed E-state index contributed by atoms with van der Waals surface area (Å²) in [5.41, 5.74) is 10.1. The molecule has 0 aromatic heterocycles. The number of aryl methyl sites for hydroxylation is 1. The SMILES string of the molecule is CNCC(=O)NC(C(=O)N1Cc2cc(C(=O)NC3C[C@@H](C(=O)N[C@@H]4CCCc5ccccc54)N(C(=O)[C@@H](N)C(C)(C)C)C3)ccc2CC1C)C(C)(C)C. The Morgan fingerprint density at radius 3 is 2.28 bits per heavy atom. The topological polar surface area (TPSA) is 166 Å². The lowest BCUT2D eigenvalue weighted by Gasteiger charge is -2.40. The highest BCUT2D eigenvalue weighted by molar-refractivity contribution is 5.96. The highest BCUT2D eigenvalue weighted by Crippen LogP contribution is 2.32. The van der Waals surface area contributed by atoms with E-state index in [4.69, 9.17) is 5.73 Å². The molecule has 53 heavy (non-hydrogen) atoms. The van der Waals surface area contributed by atoms with Gasteiger partial charge in [-0.3, -0.25) is 24.0 Å². The number of benzene rings is 2. The van der Waals surface area contributed by atoms with Crippen LogP contribution in [0.15, 0.2) is 42.5 Å². The van der Waals surface area contributed by atoms with Crippen LogP contribution >= 0.6 is 0 Å². The molecule has 3 aliphatic rings. The van der Waals surface area contributed by atoms with Crippen molar-refractivity contribution in [2.75, 3.05) is 20.1 Å². The van der Waals surface area contributed by atoms with E-state index in [1.165, 1.54) is 5.56 Å². The van der Waals surface area contributed by atoms with Crippen molar-refractivity contribution in [3.8, 4) is 0 Å². The van der Waals surface area contributed by atoms with Crippen LogP contribution in [0.2, 0.25) is 0 Å². The molecule has 2 aromatic carbocycles. The third-order valence-corrected chi connectivity index (χ3v) is 11.0. The van der Waals surface area contributed by atoms with Gasteiger partial charge in [0, 0.05) is 30.7 Å². The molecule has 2 aliphatic heterocycles. The number of rotatable bonds is 9. The van der Waals surface area contributed by atoms with Gasteiger partial charge in [-0.2, -0.15) is 0 Å². The molecule has 0 saturated carbocycles. The van der Waals surface area contributed by atoms with Crippen molar-refractivity contribution in [3.63, 3.8) is 0 Å². The summed E-state index contributed by atoms with van der Waals surface area (Å²) in [4.78, 5) is 71.4. The molecule has 0 radical (unpaired) electrons. The summed E-state index contributed by atoms with van der Waals surface area (Å²) < 4.78 is 0. The molecule has 5 rings (SSSR count). The maximum atomic E-state index is 14.0. The van der Waals surface area contributed by atoms with Gasteiger partial charge in [0.05, 0.1) is 18.6 Å². The fraction of sp³-hybridized carbons (Fsp3) is 0.585. The Hall–Kier alpha value is -4.29. The number of amides is 5. The lowest BCUT2D eigenvalue weighted by molar-refractivity contribution is -0.142. The summed E-state index contributed by atoms with van der Waals surface area (Å²) in [6, 6.07) is 10.6. The van der Waals surface area contributed by atoms with E-state index in [1.54, 1.807) is 22.9 Å². The van der Waals surface area contributed by atoms with Crippen molar-refractivity contribution in [1.29, 1.82) is 0 Å². The van der Waals surface area contributed by atoms with E-state index in [-0.39, 0.29) is 61.1 Å². The fourth-order valence-corrected chi connectivity index (χ4v) is 7.79. The predicted octanol–water partition coefficient (Wildman–Crippen LogP) is 2.98. The molecule has 288 valence electrons. The van der Waals surface area contributed by atoms with Crippen molar-refractivity contribution in [2.24, 2.45) is 16.6 Å². The normalized spacial score (nSPS) is 22.6. The quantitative estimate of drug-likeness (QED) is 0.265. The van der Waals surface area contributed by atoms with Crippen LogP contribution in [0.25, 0.3) is 0 Å². The number of hydrogen-bond donors (Lipinski definition) is 5. The Kier molecular flexibility index (Phi) is 12.0. The number of carbonyl (C=O) groups excluding carboxylic acids is 5. The number of carbonyl (C=O) groups is 5. The second-order valence-corrected chi connectivity index (χ2v) is 17.3. The average Bonchev–Trinajstić information content (AvgIpc) is 3.52. The van der Waals surface area contributed by atoms with Gasteiger partial charge < -0.3 is 36.8 Å². The molecule has 2 heterocycles. The summed E-state index contributed by atoms with van der Waals surface area (Å²) >= 11 is 0. The van der Waals surface area contributed by atoms with Crippen LogP contribution in [0, 0.1) is 10.8 Å². The number of nitrogens with one attached hydrogen (secondary N) is 4. The molecule has 1 aliphatic carbocycles. The summed E-state index contributed by atoms with van der Waals surface area (Å²) in [5.74, 6) is -1.31. The first kappa shape index (κ1) is 39.9. The standard InChI is InChI=1S/C41H59N7O5/c1-24-18-26-16-17-27(19-28(26)22-47(24)39(53)35(41(5,6)7)46-33(49)21-43-8)36(50)44-29-20-32(48(23-29)38(52)34(42)40(2,3)4)37(51)45-31-15-11-13-25-12-9-10-14-30(25)31/h9-10,12,14,16-17,19,24,29,31-32,34-35,43H,11,13,15,18,20-23,42H2,1-8H3,(H,44,50)(H,45,51)(H,46,49)/t24?,29?,31-,32+,34-,35?/m1/s1. The summed E-state index contributed by atoms with van der Waals surface area (Å²) in [7, 11) is 1.68. The number of nitrogens with two attached hydrogens (primary N) is 1. The first-order valence-corrected chi connectivity index (χ1v) is 19.0. The van der Waals surface area contributed by atoms with Gasteiger partial charge in [0.2, 0.25) is 23.6 Å². The fourth-order valence-electron chi connectivity index (χ4n) is 7.79. The largest absolute Gasteiger partial charge is 0.347 e. The number of likely N-dealkylation sites (tertiary alicyclic amines) is 1. The maximum absolute atomic E-state index is 14.0. The van der Waals surface area contributed by atoms with Gasteiger partial charge >= 0.3 is 0 Å². The molecule has 2 aromatic rings. The molecule has 0 bridgehead atoms. The Bertz CT molecular complexity index is 1710. The molecule has 12 nitrogen and oxygen atoms in total. The minimum absolute atomic E-state index is 0.104. The average molecular weight is 730 g/mol. The van der Waals surface area contributed by atoms with Gasteiger partial charge in [-0.1, -0.05) is 71.9 Å². The van der Waals surface area contributed by atoms with Gasteiger partial charge in [0.15, 0.2) is 0 Å². The zero-order valence-electron chi connectivity index (χ0n) is 32.7. The van der Waals surface area contributed by atoms with Crippen molar-refractivity contribution >= 4 is 29.5 Å². The minimum atomic E-state index is -0.828. The van der Waals surface area contributed by atoms with Crippen LogP contribution in [-0.4, -0.2) is 89.7 Å². The first-order chi connectivity index (χ1) is 24.9. The van der Waals surface area contributed by atoms with Gasteiger partial charge in [0.1, 0.15) is 12.1 Å². The Morgan fingerprint density at radius 2 is 1.60 bits per heavy atom. The molecular weight excluding hydrogens is 670 g/mol. The molecule has 6 atom stereocenters. The molecule has 0 spiro atoms. The van der Waals surface area contributed by atoms with Crippen LogP contribution in [0.5, 0.6) is 0 Å². The Balaban J connectivity index is 1.32. The van der Waals surface area contributed by atoms with Crippen LogP contribution in [-0.2, 0) is 38.6 Å². The second kappa shape index (κ2) is 16.0. The van der Waals surface area contributed by atoms with Crippen molar-refractivity contribution in [2.45, 2.75) is 123 Å². The molecule has 6 N–H and O–H groups in total. The number of hydrogen-bond acceptors (Lipinski definition) is 7. The maximum Gasteiger partial charge on any atom is 0.251 e. The zero-order chi connectivity index (χ0) is 38.8. The Morgan fingerprint density at radius 1 is 0.887 bits per heavy atom. The van der Waals surface area contributed by atoms with Gasteiger partial charge in [0.25, 0.3) is 5.91 Å². The highest BCUT2D eigenvalue weighted by atomic mass is 16.2. The number of nitrogens with zero attached hydrogens (tertiary/aromatic N) is 2. The zero-order valence-corrected chi connectivity index (χ0v) is 32.7. The van der Waals surface area contributed by atoms with Gasteiger partial charge in [-0.15, -0.1) is 0 Å². The summed E-state index contributed by atoms with van der Waals surface area (Å²) in [6.07, 6.45) is 3.60. The third-order valence-electron chi connectivity index (χ3n) is 11.0. The molecule has 12 heteroatoms. The number of fused-ring (bicyclic) bond motifs is 2. The van der Waals surface area contributed by atoms with Crippen molar-refractivity contribution < 1.29 is 24.0 Å². The van der Waals surface area contributed by atoms with Crippen LogP contribution in [0.3, 0.4) is 0 Å². The minimum Gasteiger partial charge on any atom is -0.347 e. The summed E-state index contributed by atoms with van der Waals surface area (Å²) in [5, 5.41) is 12.1. The van der Waals surface area contributed by atoms with Gasteiger partial charge in [-0.05, 0) is 91.3 Å². The molecule has 5 amide bonds. The second-order valence-electron chi connectivity index (χ2n) is 17.3. The van der Waals surface area contributed by atoms with Gasteiger partial charge in [-0.25, -0.2) is 0 Å². The predicted molar refractivity (Wildman–Crippen MR) is 205 cm³/mol. The van der Waals surface area contributed by atoms with Crippen LogP contribution in [0.4, 0.5) is 0 Å². The van der Waals surface area contributed by atoms with Crippen LogP contribution < -0.4 is 27.0 Å². The van der Waals surface area contributed by atoms with Crippen molar-refractivity contribution in [3.05, 3.63) is 70.3 Å². The highest BCUT2D eigenvalue weighted by Gasteiger charge is 2.44. The van der Waals surface area contributed by atoms with E-state index in [1.807, 2.05) is 72.7 Å². The first-order valence-electron chi connectivity index (χ1n) is 19.0. The Labute approximate surface area is 314 Å². The molecular formula is C41H59N7O5. The lowest BCUT2D eigenvalue weighted by Crippen LogP contribution is -2.58. The van der Waals surface area contributed by atoms with E-state index in [9.17, 15) is 24.0 Å². The molecule has 1 saturated heterocycles. The van der Waals surface area contributed by atoms with E-state index in [0.717, 1.165) is 36.0 Å².